The molecule has 2 saturated heterocycles. The lowest BCUT2D eigenvalue weighted by molar-refractivity contribution is 0.0696. The van der Waals surface area contributed by atoms with Crippen LogP contribution in [0.25, 0.3) is 0 Å². The van der Waals surface area contributed by atoms with Crippen LogP contribution in [0, 0.1) is 11.7 Å². The minimum Gasteiger partial charge on any atom is -0.478 e. The number of carbonyl (C=O) groups is 2. The van der Waals surface area contributed by atoms with Gasteiger partial charge in [-0.2, -0.15) is 0 Å². The fourth-order valence-electron chi connectivity index (χ4n) is 4.76. The molecule has 0 unspecified atom stereocenters. The fraction of sp³-hybridized carbons (Fsp3) is 0.480. The quantitative estimate of drug-likeness (QED) is 0.650. The summed E-state index contributed by atoms with van der Waals surface area (Å²) in [6.45, 7) is 5.10. The summed E-state index contributed by atoms with van der Waals surface area (Å²) in [5, 5.41) is 12.3. The molecule has 4 rings (SSSR count). The monoisotopic (exact) mass is 454 g/mol. The number of hydrogen-bond acceptors (Lipinski definition) is 5. The van der Waals surface area contributed by atoms with E-state index < -0.39 is 17.7 Å². The van der Waals surface area contributed by atoms with Gasteiger partial charge in [-0.25, -0.2) is 14.2 Å². The number of halogens is 1. The summed E-state index contributed by atoms with van der Waals surface area (Å²) in [6, 6.07) is 7.04. The van der Waals surface area contributed by atoms with Gasteiger partial charge in [-0.3, -0.25) is 4.79 Å². The number of carbonyl (C=O) groups excluding carboxylic acids is 1. The van der Waals surface area contributed by atoms with E-state index in [2.05, 4.69) is 15.2 Å². The molecule has 1 aromatic heterocycles. The lowest BCUT2D eigenvalue weighted by Gasteiger charge is -2.35. The fourth-order valence-corrected chi connectivity index (χ4v) is 4.76. The van der Waals surface area contributed by atoms with Gasteiger partial charge in [-0.1, -0.05) is 18.6 Å². The van der Waals surface area contributed by atoms with Crippen LogP contribution in [0.3, 0.4) is 0 Å². The number of rotatable bonds is 7. The summed E-state index contributed by atoms with van der Waals surface area (Å²) in [7, 11) is 0. The van der Waals surface area contributed by atoms with E-state index in [1.54, 1.807) is 6.07 Å². The molecular weight excluding hydrogens is 423 g/mol. The maximum absolute atomic E-state index is 13.9. The molecule has 8 heteroatoms. The molecule has 2 aromatic rings. The molecule has 33 heavy (non-hydrogen) atoms. The van der Waals surface area contributed by atoms with Gasteiger partial charge in [0.2, 0.25) is 0 Å². The number of piperidine rings is 2. The first-order valence-electron chi connectivity index (χ1n) is 11.8. The lowest BCUT2D eigenvalue weighted by Crippen LogP contribution is -2.37. The van der Waals surface area contributed by atoms with E-state index in [0.29, 0.717) is 11.7 Å². The largest absolute Gasteiger partial charge is 0.478 e. The highest BCUT2D eigenvalue weighted by Crippen LogP contribution is 2.28. The molecule has 1 aromatic carbocycles. The number of pyridine rings is 1. The molecule has 2 aliphatic heterocycles. The van der Waals surface area contributed by atoms with Crippen LogP contribution in [0.2, 0.25) is 0 Å². The van der Waals surface area contributed by atoms with Crippen LogP contribution in [0.15, 0.2) is 36.5 Å². The summed E-state index contributed by atoms with van der Waals surface area (Å²) >= 11 is 0. The molecule has 3 heterocycles. The second-order valence-corrected chi connectivity index (χ2v) is 8.96. The van der Waals surface area contributed by atoms with E-state index in [4.69, 9.17) is 0 Å². The van der Waals surface area contributed by atoms with E-state index in [9.17, 15) is 19.1 Å². The van der Waals surface area contributed by atoms with Crippen LogP contribution < -0.4 is 10.2 Å². The summed E-state index contributed by atoms with van der Waals surface area (Å²) in [6.07, 6.45) is 8.61. The number of benzene rings is 1. The van der Waals surface area contributed by atoms with E-state index in [0.717, 1.165) is 32.5 Å². The topological polar surface area (TPSA) is 85.8 Å². The van der Waals surface area contributed by atoms with Crippen molar-refractivity contribution in [3.05, 3.63) is 53.5 Å². The molecule has 0 spiro atoms. The number of likely N-dealkylation sites (tertiary alicyclic amines) is 1. The van der Waals surface area contributed by atoms with Crippen LogP contribution in [-0.2, 0) is 0 Å². The first-order chi connectivity index (χ1) is 16.0. The van der Waals surface area contributed by atoms with Crippen molar-refractivity contribution in [3.8, 4) is 0 Å². The average molecular weight is 455 g/mol. The van der Waals surface area contributed by atoms with Crippen molar-refractivity contribution in [1.82, 2.24) is 9.88 Å². The highest BCUT2D eigenvalue weighted by Gasteiger charge is 2.25. The SMILES string of the molecule is O=C(Nc1cnc(N2CCC(CCN3CCCCC3)CC2)c(C(=O)O)c1)c1ccccc1F. The zero-order chi connectivity index (χ0) is 23.2. The molecule has 2 aliphatic rings. The number of hydrogen-bond donors (Lipinski definition) is 2. The van der Waals surface area contributed by atoms with Crippen LogP contribution in [-0.4, -0.2) is 59.6 Å². The van der Waals surface area contributed by atoms with E-state index in [1.807, 2.05) is 4.90 Å². The van der Waals surface area contributed by atoms with Crippen molar-refractivity contribution in [2.75, 3.05) is 42.9 Å². The van der Waals surface area contributed by atoms with Gasteiger partial charge in [0, 0.05) is 13.1 Å². The maximum atomic E-state index is 13.9. The van der Waals surface area contributed by atoms with Gasteiger partial charge in [0.1, 0.15) is 17.2 Å². The summed E-state index contributed by atoms with van der Waals surface area (Å²) < 4.78 is 13.9. The highest BCUT2D eigenvalue weighted by molar-refractivity contribution is 6.05. The number of anilines is 2. The van der Waals surface area contributed by atoms with Crippen molar-refractivity contribution in [2.24, 2.45) is 5.92 Å². The highest BCUT2D eigenvalue weighted by atomic mass is 19.1. The second-order valence-electron chi connectivity index (χ2n) is 8.96. The van der Waals surface area contributed by atoms with Crippen LogP contribution in [0.4, 0.5) is 15.9 Å². The standard InChI is InChI=1S/C25H31FN4O3/c26-22-7-3-2-6-20(22)24(31)28-19-16-21(25(32)33)23(27-17-19)30-14-9-18(10-15-30)8-13-29-11-4-1-5-12-29/h2-3,6-7,16-18H,1,4-5,8-15H2,(H,28,31)(H,32,33). The van der Waals surface area contributed by atoms with Gasteiger partial charge in [0.05, 0.1) is 17.4 Å². The minimum absolute atomic E-state index is 0.0353. The Balaban J connectivity index is 1.37. The van der Waals surface area contributed by atoms with Crippen molar-refractivity contribution >= 4 is 23.4 Å². The zero-order valence-corrected chi connectivity index (χ0v) is 18.8. The number of carboxylic acid groups (broad SMARTS) is 1. The molecule has 0 bridgehead atoms. The minimum atomic E-state index is -1.10. The normalized spacial score (nSPS) is 17.7. The first kappa shape index (κ1) is 23.2. The molecule has 2 N–H and O–H groups in total. The smallest absolute Gasteiger partial charge is 0.339 e. The Morgan fingerprint density at radius 1 is 1.06 bits per heavy atom. The Hall–Kier alpha value is -3.00. The number of carboxylic acids is 1. The number of amides is 1. The Bertz CT molecular complexity index is 985. The lowest BCUT2D eigenvalue weighted by atomic mass is 9.93. The first-order valence-corrected chi connectivity index (χ1v) is 11.8. The molecule has 0 atom stereocenters. The van der Waals surface area contributed by atoms with Crippen LogP contribution >= 0.6 is 0 Å². The van der Waals surface area contributed by atoms with Crippen LogP contribution in [0.1, 0.15) is 59.2 Å². The average Bonchev–Trinajstić information content (AvgIpc) is 2.84. The second kappa shape index (κ2) is 10.7. The summed E-state index contributed by atoms with van der Waals surface area (Å²) in [5.41, 5.74) is 0.152. The van der Waals surface area contributed by atoms with Gasteiger partial charge in [0.15, 0.2) is 0 Å². The van der Waals surface area contributed by atoms with Crippen molar-refractivity contribution in [2.45, 2.75) is 38.5 Å². The Kier molecular flexibility index (Phi) is 7.54. The molecule has 1 amide bonds. The van der Waals surface area contributed by atoms with Gasteiger partial charge in [-0.15, -0.1) is 0 Å². The molecule has 0 aliphatic carbocycles. The van der Waals surface area contributed by atoms with Crippen LogP contribution in [0.5, 0.6) is 0 Å². The maximum Gasteiger partial charge on any atom is 0.339 e. The van der Waals surface area contributed by atoms with E-state index in [-0.39, 0.29) is 16.8 Å². The van der Waals surface area contributed by atoms with E-state index in [1.165, 1.54) is 69.2 Å². The predicted molar refractivity (Wildman–Crippen MR) is 125 cm³/mol. The Morgan fingerprint density at radius 3 is 2.48 bits per heavy atom. The van der Waals surface area contributed by atoms with Crippen molar-refractivity contribution in [3.63, 3.8) is 0 Å². The van der Waals surface area contributed by atoms with Gasteiger partial charge in [-0.05, 0) is 75.9 Å². The Morgan fingerprint density at radius 2 is 1.79 bits per heavy atom. The third-order valence-electron chi connectivity index (χ3n) is 6.69. The third-order valence-corrected chi connectivity index (χ3v) is 6.69. The number of nitrogens with one attached hydrogen (secondary N) is 1. The third kappa shape index (κ3) is 5.87. The molecule has 0 saturated carbocycles. The number of aromatic nitrogens is 1. The molecule has 7 nitrogen and oxygen atoms in total. The molecule has 0 radical (unpaired) electrons. The van der Waals surface area contributed by atoms with Crippen molar-refractivity contribution in [1.29, 1.82) is 0 Å². The summed E-state index contributed by atoms with van der Waals surface area (Å²) in [4.78, 5) is 33.2. The molecule has 176 valence electrons. The van der Waals surface area contributed by atoms with Gasteiger partial charge in [0.25, 0.3) is 5.91 Å². The molecule has 2 fully saturated rings. The Labute approximate surface area is 193 Å². The summed E-state index contributed by atoms with van der Waals surface area (Å²) in [5.74, 6) is -1.32. The van der Waals surface area contributed by atoms with Gasteiger partial charge < -0.3 is 20.2 Å². The van der Waals surface area contributed by atoms with Gasteiger partial charge >= 0.3 is 5.97 Å². The number of aromatic carboxylic acids is 1. The van der Waals surface area contributed by atoms with E-state index >= 15 is 0 Å². The number of nitrogens with zero attached hydrogens (tertiary/aromatic N) is 3. The molecular formula is C25H31FN4O3. The van der Waals surface area contributed by atoms with Crippen molar-refractivity contribution < 1.29 is 19.1 Å². The zero-order valence-electron chi connectivity index (χ0n) is 18.8. The predicted octanol–water partition coefficient (Wildman–Crippen LogP) is 4.26.